The lowest BCUT2D eigenvalue weighted by Crippen LogP contribution is -2.04. The van der Waals surface area contributed by atoms with Gasteiger partial charge < -0.3 is 4.74 Å². The minimum Gasteiger partial charge on any atom is -0.461 e. The number of allylic oxidation sites excluding steroid dienone is 7. The molecule has 304 valence electrons. The molecule has 0 aromatic heterocycles. The van der Waals surface area contributed by atoms with Crippen molar-refractivity contribution in [1.82, 2.24) is 0 Å². The molecule has 0 radical (unpaired) electrons. The summed E-state index contributed by atoms with van der Waals surface area (Å²) >= 11 is 0. The maximum absolute atomic E-state index is 12.1. The largest absolute Gasteiger partial charge is 0.461 e. The number of carbonyl (C=O) groups excluding carboxylic acids is 1. The third kappa shape index (κ3) is 41.2. The second-order valence-electron chi connectivity index (χ2n) is 16.7. The van der Waals surface area contributed by atoms with E-state index < -0.39 is 0 Å². The number of ether oxygens (including phenoxy) is 1. The van der Waals surface area contributed by atoms with Crippen molar-refractivity contribution in [3.63, 3.8) is 0 Å². The summed E-state index contributed by atoms with van der Waals surface area (Å²) in [5.41, 5.74) is 5.69. The average Bonchev–Trinajstić information content (AvgIpc) is 3.11. The van der Waals surface area contributed by atoms with Crippen molar-refractivity contribution in [3.8, 4) is 0 Å². The van der Waals surface area contributed by atoms with E-state index in [-0.39, 0.29) is 5.97 Å². The molecule has 0 aliphatic heterocycles. The second kappa shape index (κ2) is 40.6. The Hall–Kier alpha value is -1.57. The summed E-state index contributed by atoms with van der Waals surface area (Å²) in [5.74, 6) is -0.0384. The standard InChI is InChI=1S/C50H92O2/c1-7-8-9-10-11-12-13-14-15-16-17-18-19-20-21-22-23-24-25-26-27-28-29-30-31-32-33-43-50(51)52-45-44-49(6)42-36-41-48(5)40-35-39-47(4)38-34-37-46(2)3/h37,39,41,44H,7-36,38,40,42-43,45H2,1-6H3/b47-39+,48-41+,49-44+. The highest BCUT2D eigenvalue weighted by molar-refractivity contribution is 5.69. The lowest BCUT2D eigenvalue weighted by molar-refractivity contribution is -0.142. The maximum Gasteiger partial charge on any atom is 0.306 e. The van der Waals surface area contributed by atoms with E-state index in [1.54, 1.807) is 0 Å². The van der Waals surface area contributed by atoms with Crippen molar-refractivity contribution in [1.29, 1.82) is 0 Å². The van der Waals surface area contributed by atoms with Crippen LogP contribution in [0.2, 0.25) is 0 Å². The van der Waals surface area contributed by atoms with Gasteiger partial charge in [0.2, 0.25) is 0 Å². The molecule has 0 heterocycles. The van der Waals surface area contributed by atoms with Gasteiger partial charge in [0.25, 0.3) is 0 Å². The first-order valence-corrected chi connectivity index (χ1v) is 23.1. The molecule has 0 aromatic rings. The molecule has 0 spiro atoms. The zero-order valence-electron chi connectivity index (χ0n) is 36.4. The summed E-state index contributed by atoms with van der Waals surface area (Å²) in [7, 11) is 0. The molecule has 0 rings (SSSR count). The van der Waals surface area contributed by atoms with E-state index in [0.29, 0.717) is 13.0 Å². The quantitative estimate of drug-likeness (QED) is 0.0358. The average molecular weight is 725 g/mol. The molecule has 0 N–H and O–H groups in total. The zero-order chi connectivity index (χ0) is 38.2. The molecular formula is C50H92O2. The Bertz CT molecular complexity index is 899. The molecule has 0 amide bonds. The van der Waals surface area contributed by atoms with Gasteiger partial charge >= 0.3 is 5.97 Å². The Balaban J connectivity index is 3.45. The highest BCUT2D eigenvalue weighted by Crippen LogP contribution is 2.17. The van der Waals surface area contributed by atoms with Crippen LogP contribution in [0.15, 0.2) is 46.6 Å². The van der Waals surface area contributed by atoms with E-state index in [1.165, 1.54) is 189 Å². The molecule has 0 saturated carbocycles. The predicted octanol–water partition coefficient (Wildman–Crippen LogP) is 17.6. The molecule has 0 saturated heterocycles. The van der Waals surface area contributed by atoms with Crippen LogP contribution in [0.1, 0.15) is 260 Å². The van der Waals surface area contributed by atoms with Crippen molar-refractivity contribution in [3.05, 3.63) is 46.6 Å². The number of unbranched alkanes of at least 4 members (excludes halogenated alkanes) is 26. The lowest BCUT2D eigenvalue weighted by Gasteiger charge is -2.05. The van der Waals surface area contributed by atoms with Crippen molar-refractivity contribution in [2.24, 2.45) is 0 Å². The fraction of sp³-hybridized carbons (Fsp3) is 0.820. The van der Waals surface area contributed by atoms with E-state index >= 15 is 0 Å². The predicted molar refractivity (Wildman–Crippen MR) is 234 cm³/mol. The van der Waals surface area contributed by atoms with Crippen LogP contribution in [0.4, 0.5) is 0 Å². The topological polar surface area (TPSA) is 26.3 Å². The third-order valence-electron chi connectivity index (χ3n) is 10.8. The monoisotopic (exact) mass is 725 g/mol. The fourth-order valence-corrected chi connectivity index (χ4v) is 7.10. The van der Waals surface area contributed by atoms with Gasteiger partial charge in [-0.1, -0.05) is 214 Å². The van der Waals surface area contributed by atoms with Gasteiger partial charge in [0.1, 0.15) is 6.61 Å². The van der Waals surface area contributed by atoms with E-state index in [9.17, 15) is 4.79 Å². The summed E-state index contributed by atoms with van der Waals surface area (Å²) in [4.78, 5) is 12.1. The van der Waals surface area contributed by atoms with Gasteiger partial charge in [0, 0.05) is 6.42 Å². The van der Waals surface area contributed by atoms with Crippen LogP contribution in [0.5, 0.6) is 0 Å². The SMILES string of the molecule is CCCCCCCCCCCCCCCCCCCCCCCCCCCCCC(=O)OC/C=C(\C)CC/C=C(\C)CC/C=C(\C)CCC=C(C)C. The van der Waals surface area contributed by atoms with Crippen LogP contribution >= 0.6 is 0 Å². The van der Waals surface area contributed by atoms with E-state index in [4.69, 9.17) is 4.74 Å². The first-order chi connectivity index (χ1) is 25.3. The number of rotatable bonds is 39. The molecule has 2 heteroatoms. The van der Waals surface area contributed by atoms with E-state index in [2.05, 4.69) is 65.8 Å². The first-order valence-electron chi connectivity index (χ1n) is 23.1. The van der Waals surface area contributed by atoms with Crippen molar-refractivity contribution < 1.29 is 9.53 Å². The molecule has 0 aromatic carbocycles. The number of hydrogen-bond donors (Lipinski definition) is 0. The minimum atomic E-state index is -0.0384. The number of carbonyl (C=O) groups is 1. The van der Waals surface area contributed by atoms with Gasteiger partial charge in [-0.05, 0) is 85.6 Å². The summed E-state index contributed by atoms with van der Waals surface area (Å²) in [6.07, 6.45) is 54.4. The smallest absolute Gasteiger partial charge is 0.306 e. The van der Waals surface area contributed by atoms with Gasteiger partial charge in [0.05, 0.1) is 0 Å². The Morgan fingerprint density at radius 1 is 0.365 bits per heavy atom. The van der Waals surface area contributed by atoms with Crippen LogP contribution in [0.25, 0.3) is 0 Å². The fourth-order valence-electron chi connectivity index (χ4n) is 7.10. The number of esters is 1. The molecule has 0 aliphatic carbocycles. The first kappa shape index (κ1) is 50.4. The normalized spacial score (nSPS) is 12.5. The van der Waals surface area contributed by atoms with Crippen LogP contribution in [-0.4, -0.2) is 12.6 Å². The van der Waals surface area contributed by atoms with Crippen molar-refractivity contribution >= 4 is 5.97 Å². The summed E-state index contributed by atoms with van der Waals surface area (Å²) in [6, 6.07) is 0. The van der Waals surface area contributed by atoms with E-state index in [0.717, 1.165) is 44.9 Å². The lowest BCUT2D eigenvalue weighted by atomic mass is 10.0. The maximum atomic E-state index is 12.1. The van der Waals surface area contributed by atoms with Crippen molar-refractivity contribution in [2.45, 2.75) is 260 Å². The summed E-state index contributed by atoms with van der Waals surface area (Å²) in [6.45, 7) is 13.7. The summed E-state index contributed by atoms with van der Waals surface area (Å²) < 4.78 is 5.47. The molecule has 0 unspecified atom stereocenters. The van der Waals surface area contributed by atoms with Crippen LogP contribution in [0.3, 0.4) is 0 Å². The van der Waals surface area contributed by atoms with Gasteiger partial charge in [-0.3, -0.25) is 4.79 Å². The molecule has 0 atom stereocenters. The van der Waals surface area contributed by atoms with Gasteiger partial charge in [0.15, 0.2) is 0 Å². The molecule has 2 nitrogen and oxygen atoms in total. The molecule has 52 heavy (non-hydrogen) atoms. The Labute approximate surface area is 327 Å². The molecule has 0 aliphatic rings. The molecular weight excluding hydrogens is 633 g/mol. The molecule has 0 fully saturated rings. The Morgan fingerprint density at radius 2 is 0.654 bits per heavy atom. The van der Waals surface area contributed by atoms with Gasteiger partial charge in [-0.15, -0.1) is 0 Å². The van der Waals surface area contributed by atoms with E-state index in [1.807, 2.05) is 0 Å². The van der Waals surface area contributed by atoms with Gasteiger partial charge in [-0.2, -0.15) is 0 Å². The molecule has 0 bridgehead atoms. The highest BCUT2D eigenvalue weighted by Gasteiger charge is 2.02. The Kier molecular flexibility index (Phi) is 39.4. The Morgan fingerprint density at radius 3 is 0.981 bits per heavy atom. The number of hydrogen-bond acceptors (Lipinski definition) is 2. The summed E-state index contributed by atoms with van der Waals surface area (Å²) in [5, 5.41) is 0. The zero-order valence-corrected chi connectivity index (χ0v) is 36.4. The van der Waals surface area contributed by atoms with Crippen LogP contribution in [-0.2, 0) is 9.53 Å². The van der Waals surface area contributed by atoms with Crippen molar-refractivity contribution in [2.75, 3.05) is 6.61 Å². The van der Waals surface area contributed by atoms with Crippen LogP contribution in [0, 0.1) is 0 Å². The second-order valence-corrected chi connectivity index (χ2v) is 16.7. The third-order valence-corrected chi connectivity index (χ3v) is 10.8. The highest BCUT2D eigenvalue weighted by atomic mass is 16.5. The van der Waals surface area contributed by atoms with Crippen LogP contribution < -0.4 is 0 Å². The minimum absolute atomic E-state index is 0.0384. The van der Waals surface area contributed by atoms with Gasteiger partial charge in [-0.25, -0.2) is 0 Å².